The number of carbonyl (C=O) groups is 1. The molecule has 2 aliphatic rings. The van der Waals surface area contributed by atoms with Gasteiger partial charge >= 0.3 is 0 Å². The van der Waals surface area contributed by atoms with Gasteiger partial charge in [-0.15, -0.1) is 11.3 Å². The number of benzene rings is 1. The molecule has 0 amide bonds. The van der Waals surface area contributed by atoms with E-state index in [1.165, 1.54) is 22.3 Å². The van der Waals surface area contributed by atoms with Crippen LogP contribution in [0.4, 0.5) is 15.8 Å². The minimum atomic E-state index is -0.758. The summed E-state index contributed by atoms with van der Waals surface area (Å²) < 4.78 is 13.7. The van der Waals surface area contributed by atoms with E-state index in [2.05, 4.69) is 6.07 Å². The summed E-state index contributed by atoms with van der Waals surface area (Å²) in [5.74, 6) is -1.45. The summed E-state index contributed by atoms with van der Waals surface area (Å²) in [6.45, 7) is 1.93. The minimum absolute atomic E-state index is 0.0247. The Hall–Kier alpha value is -3.51. The van der Waals surface area contributed by atoms with E-state index in [0.29, 0.717) is 30.5 Å². The number of hydrogen-bond acceptors (Lipinski definition) is 7. The van der Waals surface area contributed by atoms with Crippen molar-refractivity contribution in [2.24, 2.45) is 5.73 Å². The summed E-state index contributed by atoms with van der Waals surface area (Å²) in [7, 11) is 0. The fourth-order valence-corrected chi connectivity index (χ4v) is 5.08. The summed E-state index contributed by atoms with van der Waals surface area (Å²) in [6, 6.07) is 9.07. The van der Waals surface area contributed by atoms with Gasteiger partial charge in [0.25, 0.3) is 5.69 Å². The molecule has 7 nitrogen and oxygen atoms in total. The summed E-state index contributed by atoms with van der Waals surface area (Å²) >= 11 is 1.48. The van der Waals surface area contributed by atoms with Crippen LogP contribution in [0.5, 0.6) is 0 Å². The second-order valence-corrected chi connectivity index (χ2v) is 8.47. The molecule has 1 aliphatic carbocycles. The average Bonchev–Trinajstić information content (AvgIpc) is 3.13. The Morgan fingerprint density at radius 2 is 2.10 bits per heavy atom. The van der Waals surface area contributed by atoms with Crippen molar-refractivity contribution in [3.05, 3.63) is 78.7 Å². The number of rotatable bonds is 3. The molecule has 0 radical (unpaired) electrons. The third kappa shape index (κ3) is 3.06. The number of anilines is 1. The van der Waals surface area contributed by atoms with E-state index in [1.54, 1.807) is 0 Å². The molecule has 0 fully saturated rings. The summed E-state index contributed by atoms with van der Waals surface area (Å²) in [5, 5.41) is 21.5. The molecule has 2 N–H and O–H groups in total. The van der Waals surface area contributed by atoms with E-state index >= 15 is 0 Å². The standard InChI is InChI=1S/C21H17FN4O3S/c1-11-5-8-18(30-11)19-13(10-23)21(24)25(15-3-2-4-17(27)20(15)19)14-7-6-12(22)9-16(14)26(28)29/h5-9,19H,2-4,24H2,1H3. The third-order valence-electron chi connectivity index (χ3n) is 5.33. The fraction of sp³-hybridized carbons (Fsp3) is 0.238. The third-order valence-corrected chi connectivity index (χ3v) is 6.40. The molecule has 1 aromatic carbocycles. The van der Waals surface area contributed by atoms with Crippen molar-refractivity contribution >= 4 is 28.5 Å². The highest BCUT2D eigenvalue weighted by Gasteiger charge is 2.42. The van der Waals surface area contributed by atoms with Crippen molar-refractivity contribution < 1.29 is 14.1 Å². The van der Waals surface area contributed by atoms with Gasteiger partial charge in [0, 0.05) is 27.4 Å². The number of nitriles is 1. The molecule has 30 heavy (non-hydrogen) atoms. The molecule has 1 atom stereocenters. The number of halogens is 1. The topological polar surface area (TPSA) is 113 Å². The maximum Gasteiger partial charge on any atom is 0.296 e. The van der Waals surface area contributed by atoms with E-state index in [9.17, 15) is 24.6 Å². The molecule has 2 heterocycles. The molecule has 0 saturated carbocycles. The van der Waals surface area contributed by atoms with Crippen LogP contribution >= 0.6 is 11.3 Å². The number of aryl methyl sites for hydroxylation is 1. The lowest BCUT2D eigenvalue weighted by molar-refractivity contribution is -0.384. The van der Waals surface area contributed by atoms with E-state index in [1.807, 2.05) is 19.1 Å². The lowest BCUT2D eigenvalue weighted by atomic mass is 9.78. The second kappa shape index (κ2) is 7.39. The van der Waals surface area contributed by atoms with Crippen LogP contribution in [0.2, 0.25) is 0 Å². The number of nitro benzene ring substituents is 1. The van der Waals surface area contributed by atoms with Gasteiger partial charge in [-0.2, -0.15) is 5.26 Å². The number of ketones is 1. The zero-order valence-corrected chi connectivity index (χ0v) is 16.8. The maximum atomic E-state index is 13.7. The minimum Gasteiger partial charge on any atom is -0.384 e. The van der Waals surface area contributed by atoms with Crippen LogP contribution in [0.1, 0.15) is 34.9 Å². The van der Waals surface area contributed by atoms with Gasteiger partial charge in [-0.1, -0.05) is 0 Å². The summed E-state index contributed by atoms with van der Waals surface area (Å²) in [5.41, 5.74) is 7.07. The van der Waals surface area contributed by atoms with Gasteiger partial charge in [-0.3, -0.25) is 19.8 Å². The summed E-state index contributed by atoms with van der Waals surface area (Å²) in [6.07, 6.45) is 1.36. The smallest absolute Gasteiger partial charge is 0.296 e. The van der Waals surface area contributed by atoms with Crippen LogP contribution in [-0.4, -0.2) is 10.7 Å². The first-order chi connectivity index (χ1) is 14.3. The van der Waals surface area contributed by atoms with Crippen molar-refractivity contribution in [1.29, 1.82) is 5.26 Å². The maximum absolute atomic E-state index is 13.7. The first-order valence-electron chi connectivity index (χ1n) is 9.30. The Morgan fingerprint density at radius 3 is 2.73 bits per heavy atom. The quantitative estimate of drug-likeness (QED) is 0.577. The van der Waals surface area contributed by atoms with Gasteiger partial charge < -0.3 is 5.73 Å². The molecular formula is C21H17FN4O3S. The molecule has 1 unspecified atom stereocenters. The lowest BCUT2D eigenvalue weighted by Gasteiger charge is -2.38. The van der Waals surface area contributed by atoms with Crippen LogP contribution in [-0.2, 0) is 4.79 Å². The fourth-order valence-electron chi connectivity index (χ4n) is 4.09. The Morgan fingerprint density at radius 1 is 1.33 bits per heavy atom. The number of allylic oxidation sites excluding steroid dienone is 3. The van der Waals surface area contributed by atoms with Crippen LogP contribution < -0.4 is 10.6 Å². The van der Waals surface area contributed by atoms with Gasteiger partial charge in [0.15, 0.2) is 5.78 Å². The lowest BCUT2D eigenvalue weighted by Crippen LogP contribution is -2.38. The predicted molar refractivity (Wildman–Crippen MR) is 110 cm³/mol. The Labute approximate surface area is 175 Å². The van der Waals surface area contributed by atoms with Crippen LogP contribution in [0.15, 0.2) is 53.0 Å². The SMILES string of the molecule is Cc1ccc(C2C(C#N)=C(N)N(c3ccc(F)cc3[N+](=O)[O-])C3=C2C(=O)CCC3)s1. The zero-order chi connectivity index (χ0) is 21.6. The monoisotopic (exact) mass is 424 g/mol. The van der Waals surface area contributed by atoms with Gasteiger partial charge in [-0.25, -0.2) is 4.39 Å². The zero-order valence-electron chi connectivity index (χ0n) is 16.0. The molecule has 0 bridgehead atoms. The highest BCUT2D eigenvalue weighted by Crippen LogP contribution is 2.48. The number of hydrogen-bond donors (Lipinski definition) is 1. The van der Waals surface area contributed by atoms with Crippen molar-refractivity contribution in [3.63, 3.8) is 0 Å². The van der Waals surface area contributed by atoms with Crippen LogP contribution in [0.25, 0.3) is 0 Å². The molecule has 2 aromatic rings. The highest BCUT2D eigenvalue weighted by molar-refractivity contribution is 7.12. The van der Waals surface area contributed by atoms with Gasteiger partial charge in [-0.05, 0) is 44.0 Å². The second-order valence-electron chi connectivity index (χ2n) is 7.15. The average molecular weight is 424 g/mol. The van der Waals surface area contributed by atoms with Gasteiger partial charge in [0.2, 0.25) is 0 Å². The largest absolute Gasteiger partial charge is 0.384 e. The van der Waals surface area contributed by atoms with E-state index in [0.717, 1.165) is 21.9 Å². The van der Waals surface area contributed by atoms with Crippen LogP contribution in [0.3, 0.4) is 0 Å². The Balaban J connectivity index is 2.01. The molecule has 0 spiro atoms. The van der Waals surface area contributed by atoms with Crippen molar-refractivity contribution in [3.8, 4) is 6.07 Å². The predicted octanol–water partition coefficient (Wildman–Crippen LogP) is 4.41. The first kappa shape index (κ1) is 19.8. The number of Topliss-reactive ketones (excluding diaryl/α,β-unsaturated/α-hetero) is 1. The normalized spacial score (nSPS) is 19.0. The molecule has 152 valence electrons. The number of thiophene rings is 1. The first-order valence-corrected chi connectivity index (χ1v) is 10.1. The molecule has 1 aromatic heterocycles. The van der Waals surface area contributed by atoms with E-state index in [-0.39, 0.29) is 22.9 Å². The van der Waals surface area contributed by atoms with E-state index in [4.69, 9.17) is 5.73 Å². The number of nitrogens with zero attached hydrogens (tertiary/aromatic N) is 3. The number of carbonyl (C=O) groups excluding carboxylic acids is 1. The van der Waals surface area contributed by atoms with E-state index < -0.39 is 22.3 Å². The Kier molecular flexibility index (Phi) is 4.87. The molecule has 4 rings (SSSR count). The molecule has 0 saturated heterocycles. The van der Waals surface area contributed by atoms with Crippen molar-refractivity contribution in [2.75, 3.05) is 4.90 Å². The Bertz CT molecular complexity index is 1190. The molecule has 9 heteroatoms. The highest BCUT2D eigenvalue weighted by atomic mass is 32.1. The number of nitro groups is 1. The van der Waals surface area contributed by atoms with Crippen LogP contribution in [0, 0.1) is 34.2 Å². The van der Waals surface area contributed by atoms with Gasteiger partial charge in [0.05, 0.1) is 28.5 Å². The number of nitrogens with two attached hydrogens (primary N) is 1. The molecule has 1 aliphatic heterocycles. The van der Waals surface area contributed by atoms with Gasteiger partial charge in [0.1, 0.15) is 17.3 Å². The van der Waals surface area contributed by atoms with Crippen molar-refractivity contribution in [1.82, 2.24) is 0 Å². The molecular weight excluding hydrogens is 407 g/mol. The van der Waals surface area contributed by atoms with Crippen molar-refractivity contribution in [2.45, 2.75) is 32.1 Å². The summed E-state index contributed by atoms with van der Waals surface area (Å²) in [4.78, 5) is 27.1.